The molecule has 1 N–H and O–H groups in total. The zero-order valence-corrected chi connectivity index (χ0v) is 18.5. The zero-order chi connectivity index (χ0) is 24.2. The van der Waals surface area contributed by atoms with Gasteiger partial charge in [-0.1, -0.05) is 0 Å². The van der Waals surface area contributed by atoms with Gasteiger partial charge in [0.05, 0.1) is 15.9 Å². The molecule has 2 aliphatic rings. The predicted molar refractivity (Wildman–Crippen MR) is 122 cm³/mol. The van der Waals surface area contributed by atoms with Gasteiger partial charge in [-0.3, -0.25) is 25.0 Å². The molecule has 3 heterocycles. The number of nitro benzene ring substituents is 2. The second kappa shape index (κ2) is 7.80. The first-order valence-corrected chi connectivity index (χ1v) is 12.0. The highest BCUT2D eigenvalue weighted by atomic mass is 32.2. The highest BCUT2D eigenvalue weighted by molar-refractivity contribution is 7.92. The second-order valence-corrected chi connectivity index (χ2v) is 9.85. The molecule has 2 aliphatic heterocycles. The van der Waals surface area contributed by atoms with E-state index in [1.165, 1.54) is 6.07 Å². The third-order valence-corrected chi connectivity index (χ3v) is 7.51. The van der Waals surface area contributed by atoms with Crippen molar-refractivity contribution >= 4 is 43.7 Å². The Kier molecular flexibility index (Phi) is 5.01. The third-order valence-electron chi connectivity index (χ3n) is 6.10. The Balaban J connectivity index is 1.60. The Bertz CT molecular complexity index is 1540. The van der Waals surface area contributed by atoms with Crippen molar-refractivity contribution in [1.29, 1.82) is 0 Å². The van der Waals surface area contributed by atoms with E-state index < -0.39 is 47.5 Å². The number of nitro groups is 2. The fourth-order valence-electron chi connectivity index (χ4n) is 4.71. The number of sulfonamides is 1. The van der Waals surface area contributed by atoms with Crippen LogP contribution < -0.4 is 15.2 Å². The normalized spacial score (nSPS) is 15.1. The van der Waals surface area contributed by atoms with Gasteiger partial charge in [0.1, 0.15) is 11.3 Å². The molecular weight excluding hydrogens is 468 g/mol. The number of aryl methyl sites for hydroxylation is 2. The van der Waals surface area contributed by atoms with E-state index in [4.69, 9.17) is 4.42 Å². The SMILES string of the molecule is O=c1oc2c3c4c(cc2cc1NS(=O)(=O)c1ccc([N+](=O)[O-])cc1[N+](=O)[O-])CCCN4CCC3. The summed E-state index contributed by atoms with van der Waals surface area (Å²) >= 11 is 0. The van der Waals surface area contributed by atoms with E-state index in [0.29, 0.717) is 17.0 Å². The van der Waals surface area contributed by atoms with Crippen LogP contribution in [0.5, 0.6) is 0 Å². The van der Waals surface area contributed by atoms with E-state index in [-0.39, 0.29) is 0 Å². The summed E-state index contributed by atoms with van der Waals surface area (Å²) in [7, 11) is -4.64. The molecule has 2 aromatic carbocycles. The number of nitrogens with zero attached hydrogens (tertiary/aromatic N) is 3. The summed E-state index contributed by atoms with van der Waals surface area (Å²) in [6.45, 7) is 1.86. The summed E-state index contributed by atoms with van der Waals surface area (Å²) < 4.78 is 33.5. The fourth-order valence-corrected chi connectivity index (χ4v) is 5.90. The number of rotatable bonds is 5. The first-order chi connectivity index (χ1) is 16.2. The molecule has 12 nitrogen and oxygen atoms in total. The molecule has 0 atom stereocenters. The maximum atomic E-state index is 12.9. The van der Waals surface area contributed by atoms with E-state index in [9.17, 15) is 33.4 Å². The van der Waals surface area contributed by atoms with Gasteiger partial charge in [0, 0.05) is 35.8 Å². The fraction of sp³-hybridized carbons (Fsp3) is 0.286. The number of hydrogen-bond acceptors (Lipinski definition) is 9. The highest BCUT2D eigenvalue weighted by Gasteiger charge is 2.31. The first kappa shape index (κ1) is 21.8. The van der Waals surface area contributed by atoms with Gasteiger partial charge >= 0.3 is 5.63 Å². The Labute approximate surface area is 192 Å². The minimum absolute atomic E-state index is 0.402. The molecule has 3 aromatic rings. The first-order valence-electron chi connectivity index (χ1n) is 10.5. The van der Waals surface area contributed by atoms with Gasteiger partial charge in [0.15, 0.2) is 4.90 Å². The molecule has 0 spiro atoms. The monoisotopic (exact) mass is 486 g/mol. The van der Waals surface area contributed by atoms with Crippen molar-refractivity contribution in [2.45, 2.75) is 30.6 Å². The molecular formula is C21H18N4O8S. The summed E-state index contributed by atoms with van der Waals surface area (Å²) in [6, 6.07) is 5.39. The number of non-ortho nitro benzene ring substituents is 1. The highest BCUT2D eigenvalue weighted by Crippen LogP contribution is 2.40. The molecule has 0 bridgehead atoms. The van der Waals surface area contributed by atoms with Crippen LogP contribution in [0.4, 0.5) is 22.7 Å². The summed E-state index contributed by atoms with van der Waals surface area (Å²) in [5.74, 6) is 0. The summed E-state index contributed by atoms with van der Waals surface area (Å²) in [5.41, 5.74) is 0.551. The van der Waals surface area contributed by atoms with Crippen molar-refractivity contribution in [3.8, 4) is 0 Å². The second-order valence-electron chi connectivity index (χ2n) is 8.19. The zero-order valence-electron chi connectivity index (χ0n) is 17.6. The van der Waals surface area contributed by atoms with Crippen LogP contribution in [-0.4, -0.2) is 31.4 Å². The summed E-state index contributed by atoms with van der Waals surface area (Å²) in [6.07, 6.45) is 3.48. The molecule has 0 fully saturated rings. The van der Waals surface area contributed by atoms with Crippen LogP contribution in [0.15, 0.2) is 44.4 Å². The van der Waals surface area contributed by atoms with Gasteiger partial charge in [-0.15, -0.1) is 0 Å². The Morgan fingerprint density at radius 2 is 1.74 bits per heavy atom. The van der Waals surface area contributed by atoms with Crippen molar-refractivity contribution < 1.29 is 22.7 Å². The average molecular weight is 486 g/mol. The Morgan fingerprint density at radius 1 is 1.00 bits per heavy atom. The Hall–Kier alpha value is -4.00. The van der Waals surface area contributed by atoms with Crippen molar-refractivity contribution in [3.05, 3.63) is 72.1 Å². The van der Waals surface area contributed by atoms with E-state index in [1.54, 1.807) is 0 Å². The summed E-state index contributed by atoms with van der Waals surface area (Å²) in [4.78, 5) is 34.6. The van der Waals surface area contributed by atoms with Gasteiger partial charge < -0.3 is 9.32 Å². The lowest BCUT2D eigenvalue weighted by atomic mass is 9.90. The quantitative estimate of drug-likeness (QED) is 0.324. The van der Waals surface area contributed by atoms with Crippen LogP contribution in [0.25, 0.3) is 11.0 Å². The number of anilines is 2. The van der Waals surface area contributed by atoms with Crippen LogP contribution in [0.3, 0.4) is 0 Å². The van der Waals surface area contributed by atoms with Gasteiger partial charge in [0.25, 0.3) is 21.4 Å². The number of fused-ring (bicyclic) bond motifs is 2. The van der Waals surface area contributed by atoms with Crippen molar-refractivity contribution in [3.63, 3.8) is 0 Å². The predicted octanol–water partition coefficient (Wildman–Crippen LogP) is 3.11. The van der Waals surface area contributed by atoms with E-state index in [2.05, 4.69) is 9.62 Å². The minimum atomic E-state index is -4.64. The molecule has 1 aromatic heterocycles. The lowest BCUT2D eigenvalue weighted by Gasteiger charge is -2.37. The molecule has 0 amide bonds. The smallest absolute Gasteiger partial charge is 0.360 e. The molecule has 0 radical (unpaired) electrons. The maximum absolute atomic E-state index is 12.9. The minimum Gasteiger partial charge on any atom is -0.421 e. The lowest BCUT2D eigenvalue weighted by Crippen LogP contribution is -2.34. The Morgan fingerprint density at radius 3 is 2.44 bits per heavy atom. The van der Waals surface area contributed by atoms with Crippen LogP contribution >= 0.6 is 0 Å². The van der Waals surface area contributed by atoms with E-state index in [0.717, 1.165) is 67.7 Å². The molecule has 0 aliphatic carbocycles. The van der Waals surface area contributed by atoms with E-state index in [1.807, 2.05) is 6.07 Å². The van der Waals surface area contributed by atoms with Gasteiger partial charge in [-0.2, -0.15) is 0 Å². The van der Waals surface area contributed by atoms with Crippen LogP contribution in [0.2, 0.25) is 0 Å². The molecule has 176 valence electrons. The molecule has 0 saturated heterocycles. The average Bonchev–Trinajstić information content (AvgIpc) is 2.80. The number of benzene rings is 2. The van der Waals surface area contributed by atoms with Crippen LogP contribution in [-0.2, 0) is 22.9 Å². The van der Waals surface area contributed by atoms with Crippen LogP contribution in [0.1, 0.15) is 24.0 Å². The third kappa shape index (κ3) is 3.53. The van der Waals surface area contributed by atoms with Crippen molar-refractivity contribution in [2.24, 2.45) is 0 Å². The molecule has 34 heavy (non-hydrogen) atoms. The van der Waals surface area contributed by atoms with Crippen molar-refractivity contribution in [2.75, 3.05) is 22.7 Å². The number of nitrogens with one attached hydrogen (secondary N) is 1. The molecule has 5 rings (SSSR count). The van der Waals surface area contributed by atoms with Gasteiger partial charge in [-0.05, 0) is 49.4 Å². The van der Waals surface area contributed by atoms with E-state index >= 15 is 0 Å². The maximum Gasteiger partial charge on any atom is 0.360 e. The van der Waals surface area contributed by atoms with Crippen molar-refractivity contribution in [1.82, 2.24) is 0 Å². The van der Waals surface area contributed by atoms with Gasteiger partial charge in [0.2, 0.25) is 0 Å². The van der Waals surface area contributed by atoms with Gasteiger partial charge in [-0.25, -0.2) is 13.2 Å². The number of hydrogen-bond donors (Lipinski definition) is 1. The molecule has 0 unspecified atom stereocenters. The molecule has 13 heteroatoms. The lowest BCUT2D eigenvalue weighted by molar-refractivity contribution is -0.396. The van der Waals surface area contributed by atoms with Crippen LogP contribution in [0, 0.1) is 20.2 Å². The standard InChI is InChI=1S/C21H18N4O8S/c26-21-16(22-34(31,32)18-6-5-14(24(27)28)11-17(18)25(29)30)10-13-9-12-3-1-7-23-8-2-4-15(19(12)23)20(13)33-21/h5-6,9-11,22H,1-4,7-8H2. The molecule has 0 saturated carbocycles. The summed E-state index contributed by atoms with van der Waals surface area (Å²) in [5, 5.41) is 22.9. The topological polar surface area (TPSA) is 166 Å². The largest absolute Gasteiger partial charge is 0.421 e.